The van der Waals surface area contributed by atoms with Crippen molar-refractivity contribution in [2.24, 2.45) is 5.73 Å². The molecule has 0 bridgehead atoms. The topological polar surface area (TPSA) is 42.1 Å². The molecule has 0 spiro atoms. The molecule has 1 atom stereocenters. The van der Waals surface area contributed by atoms with Gasteiger partial charge in [-0.25, -0.2) is 4.98 Å². The predicted octanol–water partition coefficient (Wildman–Crippen LogP) is 2.57. The van der Waals surface area contributed by atoms with Crippen molar-refractivity contribution in [3.05, 3.63) is 45.9 Å². The first-order chi connectivity index (χ1) is 8.08. The molecule has 1 aromatic heterocycles. The Morgan fingerprint density at radius 2 is 2.12 bits per heavy atom. The van der Waals surface area contributed by atoms with Crippen LogP contribution in [0.3, 0.4) is 0 Å². The van der Waals surface area contributed by atoms with Crippen LogP contribution in [0.15, 0.2) is 29.6 Å². The van der Waals surface area contributed by atoms with Crippen LogP contribution < -0.4 is 10.6 Å². The Hall–Kier alpha value is -1.39. The van der Waals surface area contributed by atoms with Crippen LogP contribution in [-0.2, 0) is 0 Å². The molecule has 90 valence electrons. The Bertz CT molecular complexity index is 505. The Kier molecular flexibility index (Phi) is 3.45. The van der Waals surface area contributed by atoms with Crippen molar-refractivity contribution in [1.29, 1.82) is 0 Å². The van der Waals surface area contributed by atoms with E-state index in [1.165, 1.54) is 0 Å². The summed E-state index contributed by atoms with van der Waals surface area (Å²) in [6.45, 7) is 1.99. The highest BCUT2D eigenvalue weighted by molar-refractivity contribution is 7.09. The van der Waals surface area contributed by atoms with Crippen molar-refractivity contribution in [2.45, 2.75) is 13.0 Å². The van der Waals surface area contributed by atoms with Gasteiger partial charge in [0.2, 0.25) is 0 Å². The number of benzene rings is 1. The summed E-state index contributed by atoms with van der Waals surface area (Å²) in [5.74, 6) is 0. The number of hydrogen-bond acceptors (Lipinski definition) is 4. The van der Waals surface area contributed by atoms with Gasteiger partial charge >= 0.3 is 0 Å². The number of aromatic nitrogens is 1. The van der Waals surface area contributed by atoms with Gasteiger partial charge in [0, 0.05) is 30.9 Å². The normalized spacial score (nSPS) is 12.5. The van der Waals surface area contributed by atoms with Crippen LogP contribution in [0.2, 0.25) is 0 Å². The maximum Gasteiger partial charge on any atom is 0.114 e. The van der Waals surface area contributed by atoms with Crippen LogP contribution in [0.5, 0.6) is 0 Å². The molecule has 0 aliphatic rings. The fourth-order valence-corrected chi connectivity index (χ4v) is 2.48. The number of aryl methyl sites for hydroxylation is 1. The Balaban J connectivity index is 2.30. The third-order valence-corrected chi connectivity index (χ3v) is 3.69. The molecule has 2 rings (SSSR count). The second kappa shape index (κ2) is 4.85. The van der Waals surface area contributed by atoms with Crippen LogP contribution in [0.1, 0.15) is 22.3 Å². The molecule has 0 aliphatic heterocycles. The Morgan fingerprint density at radius 3 is 2.71 bits per heavy atom. The summed E-state index contributed by atoms with van der Waals surface area (Å²) in [7, 11) is 4.05. The van der Waals surface area contributed by atoms with Crippen LogP contribution >= 0.6 is 11.3 Å². The number of thiazole rings is 1. The number of rotatable bonds is 3. The van der Waals surface area contributed by atoms with Gasteiger partial charge in [-0.15, -0.1) is 11.3 Å². The minimum atomic E-state index is -0.131. The van der Waals surface area contributed by atoms with Gasteiger partial charge in [0.05, 0.1) is 6.04 Å². The lowest BCUT2D eigenvalue weighted by atomic mass is 10.1. The second-order valence-electron chi connectivity index (χ2n) is 4.29. The molecule has 1 unspecified atom stereocenters. The quantitative estimate of drug-likeness (QED) is 0.906. The number of hydrogen-bond donors (Lipinski definition) is 1. The second-order valence-corrected chi connectivity index (χ2v) is 5.18. The average Bonchev–Trinajstić information content (AvgIpc) is 2.75. The molecule has 3 nitrogen and oxygen atoms in total. The van der Waals surface area contributed by atoms with Gasteiger partial charge in [0.1, 0.15) is 5.01 Å². The summed E-state index contributed by atoms with van der Waals surface area (Å²) in [5.41, 5.74) is 9.52. The molecule has 2 N–H and O–H groups in total. The highest BCUT2D eigenvalue weighted by Gasteiger charge is 2.13. The molecular weight excluding hydrogens is 230 g/mol. The predicted molar refractivity (Wildman–Crippen MR) is 73.7 cm³/mol. The zero-order chi connectivity index (χ0) is 12.4. The van der Waals surface area contributed by atoms with Gasteiger partial charge in [-0.2, -0.15) is 0 Å². The molecule has 0 fully saturated rings. The zero-order valence-electron chi connectivity index (χ0n) is 10.3. The van der Waals surface area contributed by atoms with Gasteiger partial charge in [-0.1, -0.05) is 12.1 Å². The highest BCUT2D eigenvalue weighted by Crippen LogP contribution is 2.25. The summed E-state index contributed by atoms with van der Waals surface area (Å²) in [4.78, 5) is 6.51. The first-order valence-electron chi connectivity index (χ1n) is 5.53. The average molecular weight is 247 g/mol. The van der Waals surface area contributed by atoms with E-state index in [-0.39, 0.29) is 6.04 Å². The van der Waals surface area contributed by atoms with E-state index in [1.54, 1.807) is 11.3 Å². The smallest absolute Gasteiger partial charge is 0.114 e. The Labute approximate surface area is 106 Å². The van der Waals surface area contributed by atoms with Crippen LogP contribution in [-0.4, -0.2) is 19.1 Å². The third kappa shape index (κ3) is 2.65. The summed E-state index contributed by atoms with van der Waals surface area (Å²) < 4.78 is 0. The van der Waals surface area contributed by atoms with Crippen LogP contribution in [0, 0.1) is 6.92 Å². The van der Waals surface area contributed by atoms with E-state index in [1.807, 2.05) is 32.5 Å². The lowest BCUT2D eigenvalue weighted by molar-refractivity contribution is 0.851. The molecule has 0 radical (unpaired) electrons. The number of nitrogens with two attached hydrogens (primary N) is 1. The molecular formula is C13H17N3S. The van der Waals surface area contributed by atoms with Crippen molar-refractivity contribution in [3.63, 3.8) is 0 Å². The molecule has 4 heteroatoms. The number of nitrogens with zero attached hydrogens (tertiary/aromatic N) is 2. The summed E-state index contributed by atoms with van der Waals surface area (Å²) >= 11 is 1.62. The molecule has 0 amide bonds. The van der Waals surface area contributed by atoms with E-state index >= 15 is 0 Å². The van der Waals surface area contributed by atoms with Gasteiger partial charge in [0.15, 0.2) is 0 Å². The van der Waals surface area contributed by atoms with Crippen molar-refractivity contribution in [3.8, 4) is 0 Å². The van der Waals surface area contributed by atoms with Crippen LogP contribution in [0.4, 0.5) is 5.69 Å². The molecule has 17 heavy (non-hydrogen) atoms. The summed E-state index contributed by atoms with van der Waals surface area (Å²) in [6.07, 6.45) is 0. The SMILES string of the molecule is Cc1csc(C(N)c2cccc(N(C)C)c2)n1. The van der Waals surface area contributed by atoms with E-state index in [2.05, 4.69) is 28.1 Å². The van der Waals surface area contributed by atoms with E-state index in [9.17, 15) is 0 Å². The van der Waals surface area contributed by atoms with Crippen molar-refractivity contribution >= 4 is 17.0 Å². The van der Waals surface area contributed by atoms with Crippen molar-refractivity contribution < 1.29 is 0 Å². The Morgan fingerprint density at radius 1 is 1.35 bits per heavy atom. The van der Waals surface area contributed by atoms with Crippen molar-refractivity contribution in [1.82, 2.24) is 4.98 Å². The zero-order valence-corrected chi connectivity index (χ0v) is 11.2. The lowest BCUT2D eigenvalue weighted by Gasteiger charge is -2.15. The standard InChI is InChI=1S/C13H17N3S/c1-9-8-17-13(15-9)12(14)10-5-4-6-11(7-10)16(2)3/h4-8,12H,14H2,1-3H3. The third-order valence-electron chi connectivity index (χ3n) is 2.65. The van der Waals surface area contributed by atoms with E-state index in [4.69, 9.17) is 5.73 Å². The molecule has 2 aromatic rings. The van der Waals surface area contributed by atoms with Crippen molar-refractivity contribution in [2.75, 3.05) is 19.0 Å². The van der Waals surface area contributed by atoms with E-state index < -0.39 is 0 Å². The minimum absolute atomic E-state index is 0.131. The molecule has 0 saturated heterocycles. The highest BCUT2D eigenvalue weighted by atomic mass is 32.1. The maximum absolute atomic E-state index is 6.23. The van der Waals surface area contributed by atoms with E-state index in [0.29, 0.717) is 0 Å². The maximum atomic E-state index is 6.23. The first kappa shape index (κ1) is 12.1. The fraction of sp³-hybridized carbons (Fsp3) is 0.308. The molecule has 1 aromatic carbocycles. The number of anilines is 1. The van der Waals surface area contributed by atoms with Gasteiger partial charge in [-0.3, -0.25) is 0 Å². The van der Waals surface area contributed by atoms with Gasteiger partial charge in [-0.05, 0) is 24.6 Å². The molecule has 1 heterocycles. The first-order valence-corrected chi connectivity index (χ1v) is 6.41. The minimum Gasteiger partial charge on any atom is -0.378 e. The largest absolute Gasteiger partial charge is 0.378 e. The fourth-order valence-electron chi connectivity index (χ4n) is 1.65. The lowest BCUT2D eigenvalue weighted by Crippen LogP contribution is -2.14. The summed E-state index contributed by atoms with van der Waals surface area (Å²) in [5, 5.41) is 3.00. The molecule has 0 saturated carbocycles. The molecule has 0 aliphatic carbocycles. The van der Waals surface area contributed by atoms with Gasteiger partial charge in [0.25, 0.3) is 0 Å². The van der Waals surface area contributed by atoms with Gasteiger partial charge < -0.3 is 10.6 Å². The van der Waals surface area contributed by atoms with Crippen LogP contribution in [0.25, 0.3) is 0 Å². The summed E-state index contributed by atoms with van der Waals surface area (Å²) in [6, 6.07) is 8.14. The monoisotopic (exact) mass is 247 g/mol. The van der Waals surface area contributed by atoms with E-state index in [0.717, 1.165) is 22.0 Å².